The molecule has 1 aromatic heterocycles. The summed E-state index contributed by atoms with van der Waals surface area (Å²) in [6.45, 7) is 4.30. The molecule has 2 N–H and O–H groups in total. The zero-order chi connectivity index (χ0) is 15.3. The van der Waals surface area contributed by atoms with Crippen LogP contribution in [0.1, 0.15) is 25.8 Å². The summed E-state index contributed by atoms with van der Waals surface area (Å²) in [5.41, 5.74) is 1.01. The first-order valence-electron chi connectivity index (χ1n) is 6.27. The lowest BCUT2D eigenvalue weighted by Crippen LogP contribution is -2.46. The number of thiophene rings is 1. The second-order valence-electron chi connectivity index (χ2n) is 5.08. The van der Waals surface area contributed by atoms with E-state index in [9.17, 15) is 9.59 Å². The van der Waals surface area contributed by atoms with Crippen LogP contribution in [0.5, 0.6) is 0 Å². The molecule has 2 amide bonds. The van der Waals surface area contributed by atoms with Crippen LogP contribution in [0.15, 0.2) is 15.2 Å². The molecule has 1 aromatic rings. The lowest BCUT2D eigenvalue weighted by Gasteiger charge is -2.22. The Morgan fingerprint density at radius 3 is 2.60 bits per heavy atom. The number of carbonyl (C=O) groups excluding carboxylic acids is 1. The number of rotatable bonds is 6. The Morgan fingerprint density at radius 1 is 1.50 bits per heavy atom. The third-order valence-electron chi connectivity index (χ3n) is 2.69. The lowest BCUT2D eigenvalue weighted by atomic mass is 10.0. The second-order valence-corrected chi connectivity index (χ2v) is 7.38. The highest BCUT2D eigenvalue weighted by Crippen LogP contribution is 2.21. The van der Waals surface area contributed by atoms with Crippen LogP contribution in [-0.4, -0.2) is 35.1 Å². The van der Waals surface area contributed by atoms with Crippen LogP contribution in [0.4, 0.5) is 4.79 Å². The van der Waals surface area contributed by atoms with Crippen molar-refractivity contribution in [1.82, 2.24) is 10.2 Å². The largest absolute Gasteiger partial charge is 0.480 e. The maximum Gasteiger partial charge on any atom is 0.326 e. The van der Waals surface area contributed by atoms with Crippen molar-refractivity contribution in [1.29, 1.82) is 0 Å². The molecule has 0 aliphatic rings. The zero-order valence-electron chi connectivity index (χ0n) is 11.7. The number of carbonyl (C=O) groups is 2. The number of hydrogen-bond donors (Lipinski definition) is 2. The minimum atomic E-state index is -1.00. The Bertz CT molecular complexity index is 476. The molecule has 5 nitrogen and oxygen atoms in total. The topological polar surface area (TPSA) is 69.6 Å². The monoisotopic (exact) mass is 362 g/mol. The van der Waals surface area contributed by atoms with Gasteiger partial charge in [-0.2, -0.15) is 0 Å². The van der Waals surface area contributed by atoms with Crippen LogP contribution in [0.25, 0.3) is 0 Å². The molecule has 1 atom stereocenters. The summed E-state index contributed by atoms with van der Waals surface area (Å²) in [6.07, 6.45) is 0.416. The van der Waals surface area contributed by atoms with Crippen LogP contribution in [-0.2, 0) is 11.3 Å². The van der Waals surface area contributed by atoms with Gasteiger partial charge in [0.25, 0.3) is 0 Å². The number of urea groups is 1. The van der Waals surface area contributed by atoms with Crippen molar-refractivity contribution in [2.24, 2.45) is 5.92 Å². The number of carboxylic acid groups (broad SMARTS) is 1. The molecular formula is C13H19BrN2O3S. The molecule has 0 bridgehead atoms. The van der Waals surface area contributed by atoms with E-state index in [0.29, 0.717) is 13.0 Å². The summed E-state index contributed by atoms with van der Waals surface area (Å²) in [5, 5.41) is 13.6. The predicted octanol–water partition coefficient (Wildman–Crippen LogP) is 3.15. The van der Waals surface area contributed by atoms with Crippen molar-refractivity contribution in [2.45, 2.75) is 32.9 Å². The number of amides is 2. The van der Waals surface area contributed by atoms with Gasteiger partial charge in [-0.05, 0) is 45.3 Å². The van der Waals surface area contributed by atoms with Gasteiger partial charge >= 0.3 is 12.0 Å². The predicted molar refractivity (Wildman–Crippen MR) is 82.9 cm³/mol. The second kappa shape index (κ2) is 7.64. The fourth-order valence-electron chi connectivity index (χ4n) is 1.73. The molecule has 0 aliphatic heterocycles. The van der Waals surface area contributed by atoms with Gasteiger partial charge in [-0.15, -0.1) is 11.3 Å². The Morgan fingerprint density at radius 2 is 2.15 bits per heavy atom. The maximum absolute atomic E-state index is 12.0. The van der Waals surface area contributed by atoms with Crippen molar-refractivity contribution in [3.8, 4) is 0 Å². The Kier molecular flexibility index (Phi) is 6.48. The molecule has 0 saturated heterocycles. The summed E-state index contributed by atoms with van der Waals surface area (Å²) in [7, 11) is 1.65. The highest BCUT2D eigenvalue weighted by Gasteiger charge is 2.22. The Hall–Kier alpha value is -1.08. The molecule has 0 radical (unpaired) electrons. The molecule has 20 heavy (non-hydrogen) atoms. The van der Waals surface area contributed by atoms with E-state index in [1.54, 1.807) is 18.4 Å². The van der Waals surface area contributed by atoms with Gasteiger partial charge < -0.3 is 15.3 Å². The van der Waals surface area contributed by atoms with E-state index in [0.717, 1.165) is 9.35 Å². The first-order chi connectivity index (χ1) is 9.29. The average Bonchev–Trinajstić information content (AvgIpc) is 2.72. The smallest absolute Gasteiger partial charge is 0.326 e. The molecule has 0 unspecified atom stereocenters. The first-order valence-corrected chi connectivity index (χ1v) is 7.94. The van der Waals surface area contributed by atoms with Crippen LogP contribution >= 0.6 is 27.3 Å². The van der Waals surface area contributed by atoms with Gasteiger partial charge in [-0.3, -0.25) is 0 Å². The van der Waals surface area contributed by atoms with Gasteiger partial charge in [0, 0.05) is 13.6 Å². The standard InChI is InChI=1S/C13H19BrN2O3S/c1-8(2)4-10(12(17)18)15-13(19)16(3)6-9-5-11(14)20-7-9/h5,7-8,10H,4,6H2,1-3H3,(H,15,19)(H,17,18)/t10-/m0/s1. The maximum atomic E-state index is 12.0. The van der Waals surface area contributed by atoms with Gasteiger partial charge in [0.05, 0.1) is 3.79 Å². The first kappa shape index (κ1) is 17.0. The number of aliphatic carboxylic acids is 1. The van der Waals surface area contributed by atoms with Crippen LogP contribution in [0.2, 0.25) is 0 Å². The van der Waals surface area contributed by atoms with E-state index in [4.69, 9.17) is 5.11 Å². The molecule has 1 rings (SSSR count). The van der Waals surface area contributed by atoms with Crippen molar-refractivity contribution in [3.63, 3.8) is 0 Å². The number of carboxylic acids is 1. The van der Waals surface area contributed by atoms with Gasteiger partial charge in [0.2, 0.25) is 0 Å². The van der Waals surface area contributed by atoms with Gasteiger partial charge in [0.15, 0.2) is 0 Å². The minimum absolute atomic E-state index is 0.203. The Labute approximate surface area is 131 Å². The highest BCUT2D eigenvalue weighted by atomic mass is 79.9. The number of hydrogen-bond acceptors (Lipinski definition) is 3. The van der Waals surface area contributed by atoms with Gasteiger partial charge in [-0.25, -0.2) is 9.59 Å². The van der Waals surface area contributed by atoms with Crippen molar-refractivity contribution < 1.29 is 14.7 Å². The average molecular weight is 363 g/mol. The molecule has 0 aromatic carbocycles. The molecule has 7 heteroatoms. The lowest BCUT2D eigenvalue weighted by molar-refractivity contribution is -0.139. The van der Waals surface area contributed by atoms with E-state index >= 15 is 0 Å². The van der Waals surface area contributed by atoms with E-state index in [2.05, 4.69) is 21.2 Å². The fourth-order valence-corrected chi connectivity index (χ4v) is 2.93. The summed E-state index contributed by atoms with van der Waals surface area (Å²) in [4.78, 5) is 24.6. The van der Waals surface area contributed by atoms with Crippen LogP contribution in [0.3, 0.4) is 0 Å². The zero-order valence-corrected chi connectivity index (χ0v) is 14.1. The third kappa shape index (κ3) is 5.50. The Balaban J connectivity index is 2.57. The highest BCUT2D eigenvalue weighted by molar-refractivity contribution is 9.11. The summed E-state index contributed by atoms with van der Waals surface area (Å²) >= 11 is 4.92. The fraction of sp³-hybridized carbons (Fsp3) is 0.538. The van der Waals surface area contributed by atoms with E-state index in [1.807, 2.05) is 25.3 Å². The van der Waals surface area contributed by atoms with Crippen LogP contribution in [0, 0.1) is 5.92 Å². The quantitative estimate of drug-likeness (QED) is 0.816. The number of halogens is 1. The summed E-state index contributed by atoms with van der Waals surface area (Å²) < 4.78 is 1.00. The summed E-state index contributed by atoms with van der Waals surface area (Å²) in [6, 6.07) is 0.719. The molecule has 112 valence electrons. The van der Waals surface area contributed by atoms with Gasteiger partial charge in [0.1, 0.15) is 6.04 Å². The molecule has 0 spiro atoms. The summed E-state index contributed by atoms with van der Waals surface area (Å²) in [5.74, 6) is -0.798. The number of nitrogens with one attached hydrogen (secondary N) is 1. The molecule has 0 fully saturated rings. The third-order valence-corrected chi connectivity index (χ3v) is 4.24. The van der Waals surface area contributed by atoms with E-state index in [1.165, 1.54) is 4.90 Å². The van der Waals surface area contributed by atoms with Crippen molar-refractivity contribution in [2.75, 3.05) is 7.05 Å². The van der Waals surface area contributed by atoms with Gasteiger partial charge in [-0.1, -0.05) is 13.8 Å². The molecule has 0 saturated carbocycles. The number of nitrogens with zero attached hydrogens (tertiary/aromatic N) is 1. The normalized spacial score (nSPS) is 12.2. The molecule has 0 aliphatic carbocycles. The van der Waals surface area contributed by atoms with Crippen molar-refractivity contribution in [3.05, 3.63) is 20.8 Å². The van der Waals surface area contributed by atoms with E-state index in [-0.39, 0.29) is 11.9 Å². The van der Waals surface area contributed by atoms with Crippen LogP contribution < -0.4 is 5.32 Å². The minimum Gasteiger partial charge on any atom is -0.480 e. The van der Waals surface area contributed by atoms with Crippen molar-refractivity contribution >= 4 is 39.3 Å². The SMILES string of the molecule is CC(C)C[C@H](NC(=O)N(C)Cc1csc(Br)c1)C(=O)O. The van der Waals surface area contributed by atoms with E-state index < -0.39 is 12.0 Å². The molecule has 1 heterocycles. The molecular weight excluding hydrogens is 344 g/mol.